The van der Waals surface area contributed by atoms with Gasteiger partial charge in [0.15, 0.2) is 5.13 Å². The van der Waals surface area contributed by atoms with Gasteiger partial charge in [0.05, 0.1) is 0 Å². The Morgan fingerprint density at radius 3 is 2.58 bits per heavy atom. The van der Waals surface area contributed by atoms with E-state index in [1.165, 1.54) is 50.6 Å². The summed E-state index contributed by atoms with van der Waals surface area (Å²) in [7, 11) is 0. The zero-order valence-corrected chi connectivity index (χ0v) is 12.9. The number of aromatic nitrogens is 1. The lowest BCUT2D eigenvalue weighted by molar-refractivity contribution is 0.194. The number of anilines is 1. The highest BCUT2D eigenvalue weighted by atomic mass is 32.1. The molecule has 3 nitrogen and oxygen atoms in total. The Hall–Kier alpha value is -0.610. The van der Waals surface area contributed by atoms with Gasteiger partial charge in [-0.25, -0.2) is 4.98 Å². The number of hydrogen-bond donors (Lipinski definition) is 0. The molecule has 1 atom stereocenters. The molecule has 1 unspecified atom stereocenters. The first-order chi connectivity index (χ1) is 9.24. The topological polar surface area (TPSA) is 19.4 Å². The van der Waals surface area contributed by atoms with Crippen molar-refractivity contribution in [3.8, 4) is 0 Å². The Bertz CT molecular complexity index is 382. The molecule has 3 rings (SSSR count). The molecule has 3 heterocycles. The normalized spacial score (nSPS) is 26.5. The minimum atomic E-state index is 0.819. The van der Waals surface area contributed by atoms with Crippen molar-refractivity contribution >= 4 is 16.5 Å². The SMILES string of the molecule is CC(C)C1CCN(C2CCN(c3nccs3)CC2)C1. The van der Waals surface area contributed by atoms with Crippen LogP contribution in [0, 0.1) is 11.8 Å². The van der Waals surface area contributed by atoms with Crippen LogP contribution in [0.15, 0.2) is 11.6 Å². The van der Waals surface area contributed by atoms with E-state index in [1.54, 1.807) is 11.3 Å². The quantitative estimate of drug-likeness (QED) is 0.847. The average Bonchev–Trinajstić information content (AvgIpc) is 3.11. The minimum absolute atomic E-state index is 0.819. The van der Waals surface area contributed by atoms with Crippen molar-refractivity contribution < 1.29 is 0 Å². The highest BCUT2D eigenvalue weighted by Crippen LogP contribution is 2.30. The first-order valence-corrected chi connectivity index (χ1v) is 8.50. The van der Waals surface area contributed by atoms with Gasteiger partial charge < -0.3 is 4.90 Å². The number of piperidine rings is 1. The summed E-state index contributed by atoms with van der Waals surface area (Å²) in [5.74, 6) is 1.78. The van der Waals surface area contributed by atoms with Crippen LogP contribution in [0.5, 0.6) is 0 Å². The molecule has 19 heavy (non-hydrogen) atoms. The lowest BCUT2D eigenvalue weighted by atomic mass is 9.95. The second-order valence-electron chi connectivity index (χ2n) is 6.32. The van der Waals surface area contributed by atoms with Gasteiger partial charge in [0.1, 0.15) is 0 Å². The molecule has 4 heteroatoms. The van der Waals surface area contributed by atoms with Crippen LogP contribution < -0.4 is 4.90 Å². The molecule has 0 aliphatic carbocycles. The Labute approximate surface area is 120 Å². The smallest absolute Gasteiger partial charge is 0.185 e. The second-order valence-corrected chi connectivity index (χ2v) is 7.19. The number of likely N-dealkylation sites (tertiary alicyclic amines) is 1. The summed E-state index contributed by atoms with van der Waals surface area (Å²) >= 11 is 1.77. The predicted molar refractivity (Wildman–Crippen MR) is 81.9 cm³/mol. The van der Waals surface area contributed by atoms with Gasteiger partial charge in [-0.2, -0.15) is 0 Å². The molecule has 0 spiro atoms. The first-order valence-electron chi connectivity index (χ1n) is 7.62. The van der Waals surface area contributed by atoms with E-state index >= 15 is 0 Å². The van der Waals surface area contributed by atoms with Crippen LogP contribution in [0.1, 0.15) is 33.1 Å². The molecule has 0 radical (unpaired) electrons. The Balaban J connectivity index is 1.51. The molecule has 0 N–H and O–H groups in total. The summed E-state index contributed by atoms with van der Waals surface area (Å²) in [4.78, 5) is 9.64. The summed E-state index contributed by atoms with van der Waals surface area (Å²) in [6.07, 6.45) is 5.94. The van der Waals surface area contributed by atoms with E-state index in [2.05, 4.69) is 34.0 Å². The van der Waals surface area contributed by atoms with Crippen molar-refractivity contribution in [1.29, 1.82) is 0 Å². The molecular formula is C15H25N3S. The highest BCUT2D eigenvalue weighted by Gasteiger charge is 2.31. The number of nitrogens with zero attached hydrogens (tertiary/aromatic N) is 3. The summed E-state index contributed by atoms with van der Waals surface area (Å²) in [6.45, 7) is 9.77. The van der Waals surface area contributed by atoms with Crippen molar-refractivity contribution in [2.75, 3.05) is 31.1 Å². The third kappa shape index (κ3) is 2.95. The molecule has 2 aliphatic heterocycles. The molecule has 106 valence electrons. The van der Waals surface area contributed by atoms with E-state index < -0.39 is 0 Å². The Morgan fingerprint density at radius 2 is 2.00 bits per heavy atom. The fourth-order valence-corrected chi connectivity index (χ4v) is 4.18. The molecule has 1 aromatic rings. The van der Waals surface area contributed by atoms with Gasteiger partial charge in [0.25, 0.3) is 0 Å². The summed E-state index contributed by atoms with van der Waals surface area (Å²) in [6, 6.07) is 0.819. The van der Waals surface area contributed by atoms with Crippen LogP contribution in [0.25, 0.3) is 0 Å². The first kappa shape index (κ1) is 13.4. The number of hydrogen-bond acceptors (Lipinski definition) is 4. The third-order valence-electron chi connectivity index (χ3n) is 4.87. The maximum atomic E-state index is 4.43. The fraction of sp³-hybridized carbons (Fsp3) is 0.800. The molecule has 0 bridgehead atoms. The molecule has 2 saturated heterocycles. The van der Waals surface area contributed by atoms with E-state index in [0.717, 1.165) is 17.9 Å². The maximum absolute atomic E-state index is 4.43. The molecule has 1 aromatic heterocycles. The van der Waals surface area contributed by atoms with Crippen molar-refractivity contribution in [3.05, 3.63) is 11.6 Å². The fourth-order valence-electron chi connectivity index (χ4n) is 3.49. The largest absolute Gasteiger partial charge is 0.348 e. The predicted octanol–water partition coefficient (Wildman–Crippen LogP) is 3.09. The monoisotopic (exact) mass is 279 g/mol. The standard InChI is InChI=1S/C15H25N3S/c1-12(2)13-3-7-18(11-13)14-4-8-17(9-5-14)15-16-6-10-19-15/h6,10,12-14H,3-5,7-9,11H2,1-2H3. The van der Waals surface area contributed by atoms with Crippen molar-refractivity contribution in [1.82, 2.24) is 9.88 Å². The highest BCUT2D eigenvalue weighted by molar-refractivity contribution is 7.13. The van der Waals surface area contributed by atoms with Crippen LogP contribution >= 0.6 is 11.3 Å². The van der Waals surface area contributed by atoms with Crippen LogP contribution in [-0.4, -0.2) is 42.1 Å². The average molecular weight is 279 g/mol. The number of rotatable bonds is 3. The van der Waals surface area contributed by atoms with Gasteiger partial charge in [-0.15, -0.1) is 11.3 Å². The van der Waals surface area contributed by atoms with Gasteiger partial charge in [-0.05, 0) is 37.6 Å². The molecule has 0 saturated carbocycles. The lowest BCUT2D eigenvalue weighted by Gasteiger charge is -2.36. The van der Waals surface area contributed by atoms with E-state index in [0.29, 0.717) is 0 Å². The van der Waals surface area contributed by atoms with Crippen LogP contribution in [0.3, 0.4) is 0 Å². The van der Waals surface area contributed by atoms with Crippen LogP contribution in [0.2, 0.25) is 0 Å². The van der Waals surface area contributed by atoms with E-state index in [4.69, 9.17) is 0 Å². The van der Waals surface area contributed by atoms with Crippen molar-refractivity contribution in [2.24, 2.45) is 11.8 Å². The second kappa shape index (κ2) is 5.80. The van der Waals surface area contributed by atoms with Crippen LogP contribution in [0.4, 0.5) is 5.13 Å². The van der Waals surface area contributed by atoms with Crippen molar-refractivity contribution in [2.45, 2.75) is 39.2 Å². The van der Waals surface area contributed by atoms with Crippen molar-refractivity contribution in [3.63, 3.8) is 0 Å². The van der Waals surface area contributed by atoms with E-state index in [-0.39, 0.29) is 0 Å². The zero-order chi connectivity index (χ0) is 13.2. The molecule has 2 fully saturated rings. The van der Waals surface area contributed by atoms with Gasteiger partial charge in [0.2, 0.25) is 0 Å². The van der Waals surface area contributed by atoms with Gasteiger partial charge in [-0.3, -0.25) is 4.90 Å². The summed E-state index contributed by atoms with van der Waals surface area (Å²) in [5, 5.41) is 3.29. The Kier molecular flexibility index (Phi) is 4.08. The lowest BCUT2D eigenvalue weighted by Crippen LogP contribution is -2.44. The maximum Gasteiger partial charge on any atom is 0.185 e. The molecule has 2 aliphatic rings. The molecule has 0 amide bonds. The van der Waals surface area contributed by atoms with E-state index in [9.17, 15) is 0 Å². The van der Waals surface area contributed by atoms with Crippen LogP contribution in [-0.2, 0) is 0 Å². The minimum Gasteiger partial charge on any atom is -0.348 e. The molecule has 0 aromatic carbocycles. The Morgan fingerprint density at radius 1 is 1.21 bits per heavy atom. The third-order valence-corrected chi connectivity index (χ3v) is 5.70. The molecular weight excluding hydrogens is 254 g/mol. The number of thiazole rings is 1. The summed E-state index contributed by atoms with van der Waals surface area (Å²) in [5.41, 5.74) is 0. The van der Waals surface area contributed by atoms with Gasteiger partial charge in [-0.1, -0.05) is 13.8 Å². The zero-order valence-electron chi connectivity index (χ0n) is 12.1. The van der Waals surface area contributed by atoms with E-state index in [1.807, 2.05) is 6.20 Å². The van der Waals surface area contributed by atoms with Gasteiger partial charge in [0, 0.05) is 37.3 Å². The summed E-state index contributed by atoms with van der Waals surface area (Å²) < 4.78 is 0. The van der Waals surface area contributed by atoms with Gasteiger partial charge >= 0.3 is 0 Å².